The van der Waals surface area contributed by atoms with E-state index < -0.39 is 0 Å². The molecule has 0 bridgehead atoms. The second-order valence-electron chi connectivity index (χ2n) is 4.20. The topological polar surface area (TPSA) is 45.5 Å². The standard InChI is InChI=1S/C14H16N2O2/c1-16(2)12-7-5-11(6-8-12)14(17)15-10-13-4-3-9-18-13/h3-9H,10H2,1-2H3,(H,15,17). The van der Waals surface area contributed by atoms with Crippen molar-refractivity contribution in [2.75, 3.05) is 19.0 Å². The van der Waals surface area contributed by atoms with E-state index in [-0.39, 0.29) is 5.91 Å². The summed E-state index contributed by atoms with van der Waals surface area (Å²) in [5, 5.41) is 2.80. The molecule has 1 aromatic heterocycles. The number of hydrogen-bond acceptors (Lipinski definition) is 3. The second-order valence-corrected chi connectivity index (χ2v) is 4.20. The lowest BCUT2D eigenvalue weighted by molar-refractivity contribution is 0.0948. The highest BCUT2D eigenvalue weighted by molar-refractivity contribution is 5.94. The molecule has 0 atom stereocenters. The quantitative estimate of drug-likeness (QED) is 0.897. The van der Waals surface area contributed by atoms with Crippen molar-refractivity contribution < 1.29 is 9.21 Å². The molecule has 1 heterocycles. The Labute approximate surface area is 106 Å². The molecule has 0 fully saturated rings. The van der Waals surface area contributed by atoms with Gasteiger partial charge in [-0.2, -0.15) is 0 Å². The van der Waals surface area contributed by atoms with Gasteiger partial charge in [0.05, 0.1) is 12.8 Å². The van der Waals surface area contributed by atoms with Crippen molar-refractivity contribution in [1.82, 2.24) is 5.32 Å². The van der Waals surface area contributed by atoms with Crippen LogP contribution in [0.5, 0.6) is 0 Å². The van der Waals surface area contributed by atoms with Crippen LogP contribution in [0.4, 0.5) is 5.69 Å². The van der Waals surface area contributed by atoms with Gasteiger partial charge in [-0.1, -0.05) is 0 Å². The monoisotopic (exact) mass is 244 g/mol. The van der Waals surface area contributed by atoms with Gasteiger partial charge in [0.15, 0.2) is 0 Å². The van der Waals surface area contributed by atoms with Gasteiger partial charge < -0.3 is 14.6 Å². The van der Waals surface area contributed by atoms with Crippen molar-refractivity contribution in [2.24, 2.45) is 0 Å². The molecule has 0 radical (unpaired) electrons. The van der Waals surface area contributed by atoms with Crippen molar-refractivity contribution in [1.29, 1.82) is 0 Å². The summed E-state index contributed by atoms with van der Waals surface area (Å²) in [7, 11) is 3.93. The Morgan fingerprint density at radius 1 is 1.22 bits per heavy atom. The normalized spacial score (nSPS) is 10.1. The fourth-order valence-electron chi connectivity index (χ4n) is 1.59. The summed E-state index contributed by atoms with van der Waals surface area (Å²) < 4.78 is 5.15. The molecule has 2 rings (SSSR count). The number of carbonyl (C=O) groups is 1. The first kappa shape index (κ1) is 12.2. The zero-order valence-electron chi connectivity index (χ0n) is 10.5. The molecule has 94 valence electrons. The van der Waals surface area contributed by atoms with E-state index >= 15 is 0 Å². The Bertz CT molecular complexity index is 501. The number of hydrogen-bond donors (Lipinski definition) is 1. The first-order valence-electron chi connectivity index (χ1n) is 5.75. The minimum atomic E-state index is -0.100. The van der Waals surface area contributed by atoms with E-state index in [0.717, 1.165) is 11.4 Å². The van der Waals surface area contributed by atoms with E-state index in [9.17, 15) is 4.79 Å². The SMILES string of the molecule is CN(C)c1ccc(C(=O)NCc2ccco2)cc1. The van der Waals surface area contributed by atoms with Crippen LogP contribution in [-0.4, -0.2) is 20.0 Å². The van der Waals surface area contributed by atoms with Crippen LogP contribution < -0.4 is 10.2 Å². The molecule has 4 heteroatoms. The van der Waals surface area contributed by atoms with Gasteiger partial charge in [0, 0.05) is 25.3 Å². The summed E-state index contributed by atoms with van der Waals surface area (Å²) in [6.07, 6.45) is 1.59. The van der Waals surface area contributed by atoms with E-state index in [0.29, 0.717) is 12.1 Å². The summed E-state index contributed by atoms with van der Waals surface area (Å²) in [5.74, 6) is 0.643. The number of carbonyl (C=O) groups excluding carboxylic acids is 1. The molecule has 1 amide bonds. The van der Waals surface area contributed by atoms with Crippen LogP contribution in [0.1, 0.15) is 16.1 Å². The largest absolute Gasteiger partial charge is 0.467 e. The lowest BCUT2D eigenvalue weighted by atomic mass is 10.2. The molecule has 1 N–H and O–H groups in total. The highest BCUT2D eigenvalue weighted by Gasteiger charge is 2.06. The molecule has 0 saturated carbocycles. The predicted octanol–water partition coefficient (Wildman–Crippen LogP) is 2.28. The smallest absolute Gasteiger partial charge is 0.251 e. The average molecular weight is 244 g/mol. The highest BCUT2D eigenvalue weighted by Crippen LogP contribution is 2.12. The van der Waals surface area contributed by atoms with Crippen molar-refractivity contribution in [3.05, 3.63) is 54.0 Å². The fourth-order valence-corrected chi connectivity index (χ4v) is 1.59. The number of nitrogens with zero attached hydrogens (tertiary/aromatic N) is 1. The maximum atomic E-state index is 11.9. The van der Waals surface area contributed by atoms with Gasteiger partial charge >= 0.3 is 0 Å². The molecule has 2 aromatic rings. The molecule has 1 aromatic carbocycles. The molecule has 0 aliphatic heterocycles. The number of nitrogens with one attached hydrogen (secondary N) is 1. The molecule has 0 aliphatic carbocycles. The summed E-state index contributed by atoms with van der Waals surface area (Å²) in [5.41, 5.74) is 1.71. The van der Waals surface area contributed by atoms with Crippen LogP contribution in [-0.2, 0) is 6.54 Å². The summed E-state index contributed by atoms with van der Waals surface area (Å²) in [4.78, 5) is 13.8. The van der Waals surface area contributed by atoms with Crippen LogP contribution in [0.15, 0.2) is 47.1 Å². The first-order valence-corrected chi connectivity index (χ1v) is 5.75. The summed E-state index contributed by atoms with van der Waals surface area (Å²) >= 11 is 0. The van der Waals surface area contributed by atoms with Crippen LogP contribution in [0.3, 0.4) is 0 Å². The molecule has 0 spiro atoms. The van der Waals surface area contributed by atoms with Gasteiger partial charge in [0.25, 0.3) is 5.91 Å². The summed E-state index contributed by atoms with van der Waals surface area (Å²) in [6, 6.07) is 11.1. The van der Waals surface area contributed by atoms with Crippen LogP contribution >= 0.6 is 0 Å². The van der Waals surface area contributed by atoms with Crippen molar-refractivity contribution in [3.63, 3.8) is 0 Å². The number of anilines is 1. The third-order valence-corrected chi connectivity index (χ3v) is 2.65. The minimum Gasteiger partial charge on any atom is -0.467 e. The molecule has 18 heavy (non-hydrogen) atoms. The van der Waals surface area contributed by atoms with Gasteiger partial charge in [-0.15, -0.1) is 0 Å². The van der Waals surface area contributed by atoms with E-state index in [1.54, 1.807) is 12.3 Å². The van der Waals surface area contributed by atoms with Crippen LogP contribution in [0.25, 0.3) is 0 Å². The van der Waals surface area contributed by atoms with Crippen LogP contribution in [0.2, 0.25) is 0 Å². The number of rotatable bonds is 4. The molecule has 0 unspecified atom stereocenters. The number of furan rings is 1. The van der Waals surface area contributed by atoms with E-state index in [1.807, 2.05) is 49.3 Å². The zero-order valence-corrected chi connectivity index (χ0v) is 10.5. The third kappa shape index (κ3) is 2.91. The lowest BCUT2D eigenvalue weighted by Crippen LogP contribution is -2.22. The average Bonchev–Trinajstić information content (AvgIpc) is 2.89. The lowest BCUT2D eigenvalue weighted by Gasteiger charge is -2.12. The molecular weight excluding hydrogens is 228 g/mol. The molecule has 4 nitrogen and oxygen atoms in total. The molecular formula is C14H16N2O2. The third-order valence-electron chi connectivity index (χ3n) is 2.65. The highest BCUT2D eigenvalue weighted by atomic mass is 16.3. The van der Waals surface area contributed by atoms with Gasteiger partial charge in [-0.25, -0.2) is 0 Å². The summed E-state index contributed by atoms with van der Waals surface area (Å²) in [6.45, 7) is 0.404. The zero-order chi connectivity index (χ0) is 13.0. The van der Waals surface area contributed by atoms with Crippen molar-refractivity contribution in [2.45, 2.75) is 6.54 Å². The van der Waals surface area contributed by atoms with Gasteiger partial charge in [-0.3, -0.25) is 4.79 Å². The fraction of sp³-hybridized carbons (Fsp3) is 0.214. The minimum absolute atomic E-state index is 0.100. The van der Waals surface area contributed by atoms with Gasteiger partial charge in [0.1, 0.15) is 5.76 Å². The number of benzene rings is 1. The maximum Gasteiger partial charge on any atom is 0.251 e. The van der Waals surface area contributed by atoms with Crippen LogP contribution in [0, 0.1) is 0 Å². The van der Waals surface area contributed by atoms with E-state index in [2.05, 4.69) is 5.32 Å². The van der Waals surface area contributed by atoms with Crippen molar-refractivity contribution in [3.8, 4) is 0 Å². The molecule has 0 saturated heterocycles. The maximum absolute atomic E-state index is 11.9. The van der Waals surface area contributed by atoms with E-state index in [1.165, 1.54) is 0 Å². The first-order chi connectivity index (χ1) is 8.66. The Kier molecular flexibility index (Phi) is 3.67. The second kappa shape index (κ2) is 5.40. The van der Waals surface area contributed by atoms with Gasteiger partial charge in [0.2, 0.25) is 0 Å². The van der Waals surface area contributed by atoms with Crippen molar-refractivity contribution >= 4 is 11.6 Å². The van der Waals surface area contributed by atoms with E-state index in [4.69, 9.17) is 4.42 Å². The Balaban J connectivity index is 1.96. The predicted molar refractivity (Wildman–Crippen MR) is 70.6 cm³/mol. The molecule has 0 aliphatic rings. The Hall–Kier alpha value is -2.23. The van der Waals surface area contributed by atoms with Gasteiger partial charge in [-0.05, 0) is 36.4 Å². The number of amides is 1. The Morgan fingerprint density at radius 3 is 2.50 bits per heavy atom. The Morgan fingerprint density at radius 2 is 1.94 bits per heavy atom.